The zero-order valence-electron chi connectivity index (χ0n) is 14.1. The van der Waals surface area contributed by atoms with Crippen molar-refractivity contribution in [2.75, 3.05) is 38.1 Å². The van der Waals surface area contributed by atoms with Crippen LogP contribution in [0.3, 0.4) is 0 Å². The molecule has 0 aliphatic carbocycles. The number of nitrogens with zero attached hydrogens (tertiary/aromatic N) is 2. The highest BCUT2D eigenvalue weighted by Crippen LogP contribution is 2.22. The highest BCUT2D eigenvalue weighted by molar-refractivity contribution is 9.10. The van der Waals surface area contributed by atoms with Gasteiger partial charge in [0.05, 0.1) is 5.56 Å². The average molecular weight is 406 g/mol. The standard InChI is InChI=1S/C19H21BrFN3O/c1-23-8-10-24(11-9-23)18-5-3-2-4-14(18)13-22-19(25)16-7-6-15(21)12-17(16)20/h2-7,12H,8-11,13H2,1H3,(H,22,25). The summed E-state index contributed by atoms with van der Waals surface area (Å²) in [5, 5.41) is 2.94. The Morgan fingerprint density at radius 2 is 1.88 bits per heavy atom. The first-order chi connectivity index (χ1) is 12.0. The van der Waals surface area contributed by atoms with E-state index in [0.717, 1.165) is 37.4 Å². The van der Waals surface area contributed by atoms with Gasteiger partial charge in [-0.3, -0.25) is 4.79 Å². The lowest BCUT2D eigenvalue weighted by atomic mass is 10.1. The third-order valence-corrected chi connectivity index (χ3v) is 5.11. The predicted molar refractivity (Wildman–Crippen MR) is 101 cm³/mol. The molecule has 1 fully saturated rings. The maximum Gasteiger partial charge on any atom is 0.252 e. The number of benzene rings is 2. The number of para-hydroxylation sites is 1. The number of rotatable bonds is 4. The molecular formula is C19H21BrFN3O. The quantitative estimate of drug-likeness (QED) is 0.847. The number of nitrogens with one attached hydrogen (secondary N) is 1. The molecule has 1 aliphatic heterocycles. The van der Waals surface area contributed by atoms with Crippen LogP contribution in [0.5, 0.6) is 0 Å². The first-order valence-corrected chi connectivity index (χ1v) is 9.08. The van der Waals surface area contributed by atoms with Crippen LogP contribution < -0.4 is 10.2 Å². The molecule has 0 bridgehead atoms. The summed E-state index contributed by atoms with van der Waals surface area (Å²) in [4.78, 5) is 17.1. The molecule has 4 nitrogen and oxygen atoms in total. The number of carbonyl (C=O) groups excluding carboxylic acids is 1. The first-order valence-electron chi connectivity index (χ1n) is 8.29. The van der Waals surface area contributed by atoms with Crippen LogP contribution in [0, 0.1) is 5.82 Å². The highest BCUT2D eigenvalue weighted by atomic mass is 79.9. The van der Waals surface area contributed by atoms with Crippen molar-refractivity contribution in [3.8, 4) is 0 Å². The van der Waals surface area contributed by atoms with Gasteiger partial charge in [-0.05, 0) is 52.8 Å². The lowest BCUT2D eigenvalue weighted by Crippen LogP contribution is -2.45. The van der Waals surface area contributed by atoms with Gasteiger partial charge in [0.25, 0.3) is 5.91 Å². The van der Waals surface area contributed by atoms with E-state index < -0.39 is 0 Å². The highest BCUT2D eigenvalue weighted by Gasteiger charge is 2.17. The fourth-order valence-electron chi connectivity index (χ4n) is 2.96. The van der Waals surface area contributed by atoms with Gasteiger partial charge < -0.3 is 15.1 Å². The Bertz CT molecular complexity index is 760. The molecule has 0 atom stereocenters. The minimum Gasteiger partial charge on any atom is -0.369 e. The SMILES string of the molecule is CN1CCN(c2ccccc2CNC(=O)c2ccc(F)cc2Br)CC1. The second-order valence-corrected chi connectivity index (χ2v) is 7.08. The molecule has 1 aliphatic rings. The van der Waals surface area contributed by atoms with Crippen molar-refractivity contribution < 1.29 is 9.18 Å². The molecule has 0 unspecified atom stereocenters. The van der Waals surface area contributed by atoms with Gasteiger partial charge in [0.1, 0.15) is 5.82 Å². The maximum atomic E-state index is 13.2. The number of anilines is 1. The largest absolute Gasteiger partial charge is 0.369 e. The minimum atomic E-state index is -0.371. The second-order valence-electron chi connectivity index (χ2n) is 6.23. The summed E-state index contributed by atoms with van der Waals surface area (Å²) in [7, 11) is 2.13. The zero-order valence-corrected chi connectivity index (χ0v) is 15.7. The van der Waals surface area contributed by atoms with Crippen molar-refractivity contribution in [1.82, 2.24) is 10.2 Å². The Hall–Kier alpha value is -1.92. The van der Waals surface area contributed by atoms with E-state index in [1.807, 2.05) is 18.2 Å². The predicted octanol–water partition coefficient (Wildman–Crippen LogP) is 3.27. The van der Waals surface area contributed by atoms with Gasteiger partial charge in [0.15, 0.2) is 0 Å². The summed E-state index contributed by atoms with van der Waals surface area (Å²) in [5.41, 5.74) is 2.67. The number of hydrogen-bond donors (Lipinski definition) is 1. The number of amides is 1. The molecule has 1 saturated heterocycles. The van der Waals surface area contributed by atoms with E-state index in [0.29, 0.717) is 16.6 Å². The Kier molecular flexibility index (Phi) is 5.71. The van der Waals surface area contributed by atoms with Crippen LogP contribution in [-0.2, 0) is 6.54 Å². The Morgan fingerprint density at radius 3 is 2.60 bits per heavy atom. The van der Waals surface area contributed by atoms with Crippen molar-refractivity contribution in [2.24, 2.45) is 0 Å². The van der Waals surface area contributed by atoms with Gasteiger partial charge in [-0.2, -0.15) is 0 Å². The van der Waals surface area contributed by atoms with Crippen LogP contribution in [0.2, 0.25) is 0 Å². The molecule has 0 saturated carbocycles. The van der Waals surface area contributed by atoms with Crippen LogP contribution in [0.1, 0.15) is 15.9 Å². The van der Waals surface area contributed by atoms with Crippen molar-refractivity contribution in [3.63, 3.8) is 0 Å². The lowest BCUT2D eigenvalue weighted by Gasteiger charge is -2.35. The van der Waals surface area contributed by atoms with E-state index >= 15 is 0 Å². The van der Waals surface area contributed by atoms with Crippen LogP contribution in [0.15, 0.2) is 46.9 Å². The van der Waals surface area contributed by atoms with Crippen LogP contribution in [0.4, 0.5) is 10.1 Å². The molecule has 1 N–H and O–H groups in total. The number of likely N-dealkylation sites (N-methyl/N-ethyl adjacent to an activating group) is 1. The van der Waals surface area contributed by atoms with Crippen molar-refractivity contribution >= 4 is 27.5 Å². The van der Waals surface area contributed by atoms with E-state index in [1.165, 1.54) is 18.2 Å². The molecule has 25 heavy (non-hydrogen) atoms. The van der Waals surface area contributed by atoms with E-state index in [9.17, 15) is 9.18 Å². The fraction of sp³-hybridized carbons (Fsp3) is 0.316. The maximum absolute atomic E-state index is 13.2. The van der Waals surface area contributed by atoms with Gasteiger partial charge in [-0.25, -0.2) is 4.39 Å². The van der Waals surface area contributed by atoms with E-state index in [1.54, 1.807) is 0 Å². The fourth-order valence-corrected chi connectivity index (χ4v) is 3.49. The first kappa shape index (κ1) is 17.9. The summed E-state index contributed by atoms with van der Waals surface area (Å²) in [6.07, 6.45) is 0. The molecule has 1 amide bonds. The molecule has 0 spiro atoms. The number of hydrogen-bond acceptors (Lipinski definition) is 3. The minimum absolute atomic E-state index is 0.222. The third-order valence-electron chi connectivity index (χ3n) is 4.45. The van der Waals surface area contributed by atoms with Gasteiger partial charge >= 0.3 is 0 Å². The molecular weight excluding hydrogens is 385 g/mol. The zero-order chi connectivity index (χ0) is 17.8. The normalized spacial score (nSPS) is 15.2. The second kappa shape index (κ2) is 7.97. The Labute approximate surface area is 155 Å². The van der Waals surface area contributed by atoms with Gasteiger partial charge in [0, 0.05) is 42.9 Å². The number of piperazine rings is 1. The van der Waals surface area contributed by atoms with Crippen LogP contribution >= 0.6 is 15.9 Å². The van der Waals surface area contributed by atoms with Gasteiger partial charge in [-0.1, -0.05) is 18.2 Å². The van der Waals surface area contributed by atoms with Gasteiger partial charge in [0.2, 0.25) is 0 Å². The molecule has 2 aromatic rings. The molecule has 132 valence electrons. The molecule has 2 aromatic carbocycles. The van der Waals surface area contributed by atoms with E-state index in [2.05, 4.69) is 44.2 Å². The Balaban J connectivity index is 1.70. The summed E-state index contributed by atoms with van der Waals surface area (Å²) in [5.74, 6) is -0.594. The molecule has 3 rings (SSSR count). The Morgan fingerprint density at radius 1 is 1.16 bits per heavy atom. The number of halogens is 2. The van der Waals surface area contributed by atoms with Crippen LogP contribution in [0.25, 0.3) is 0 Å². The van der Waals surface area contributed by atoms with E-state index in [4.69, 9.17) is 0 Å². The monoisotopic (exact) mass is 405 g/mol. The van der Waals surface area contributed by atoms with Crippen molar-refractivity contribution in [3.05, 3.63) is 63.9 Å². The number of carbonyl (C=O) groups is 1. The van der Waals surface area contributed by atoms with Crippen LogP contribution in [-0.4, -0.2) is 44.0 Å². The summed E-state index contributed by atoms with van der Waals surface area (Å²) in [6.45, 7) is 4.45. The summed E-state index contributed by atoms with van der Waals surface area (Å²) < 4.78 is 13.6. The van der Waals surface area contributed by atoms with Crippen molar-refractivity contribution in [2.45, 2.75) is 6.54 Å². The summed E-state index contributed by atoms with van der Waals surface area (Å²) in [6, 6.07) is 12.2. The molecule has 1 heterocycles. The average Bonchev–Trinajstić information content (AvgIpc) is 2.61. The molecule has 0 aromatic heterocycles. The smallest absolute Gasteiger partial charge is 0.252 e. The van der Waals surface area contributed by atoms with E-state index in [-0.39, 0.29) is 11.7 Å². The summed E-state index contributed by atoms with van der Waals surface area (Å²) >= 11 is 3.24. The lowest BCUT2D eigenvalue weighted by molar-refractivity contribution is 0.0950. The topological polar surface area (TPSA) is 35.6 Å². The van der Waals surface area contributed by atoms with Gasteiger partial charge in [-0.15, -0.1) is 0 Å². The third kappa shape index (κ3) is 4.38. The molecule has 6 heteroatoms. The molecule has 0 radical (unpaired) electrons. The van der Waals surface area contributed by atoms with Crippen molar-refractivity contribution in [1.29, 1.82) is 0 Å².